The van der Waals surface area contributed by atoms with E-state index < -0.39 is 18.6 Å². The first-order chi connectivity index (χ1) is 8.06. The summed E-state index contributed by atoms with van der Waals surface area (Å²) >= 11 is 3.32. The van der Waals surface area contributed by atoms with Gasteiger partial charge in [-0.1, -0.05) is 22.0 Å². The Morgan fingerprint density at radius 1 is 1.53 bits per heavy atom. The summed E-state index contributed by atoms with van der Waals surface area (Å²) in [5, 5.41) is 18.0. The van der Waals surface area contributed by atoms with Crippen LogP contribution < -0.4 is 0 Å². The predicted molar refractivity (Wildman–Crippen MR) is 62.5 cm³/mol. The minimum absolute atomic E-state index is 0.202. The first-order valence-corrected chi connectivity index (χ1v) is 5.77. The number of hydrogen-bond acceptors (Lipinski definition) is 3. The van der Waals surface area contributed by atoms with Crippen molar-refractivity contribution >= 4 is 27.8 Å². The van der Waals surface area contributed by atoms with E-state index in [1.807, 2.05) is 0 Å². The lowest BCUT2D eigenvalue weighted by molar-refractivity contribution is -0.143. The van der Waals surface area contributed by atoms with E-state index in [1.165, 1.54) is 0 Å². The van der Waals surface area contributed by atoms with Crippen molar-refractivity contribution in [1.29, 1.82) is 0 Å². The lowest BCUT2D eigenvalue weighted by Gasteiger charge is -2.22. The fourth-order valence-corrected chi connectivity index (χ4v) is 2.37. The number of aliphatic hydroxyl groups is 1. The Morgan fingerprint density at radius 3 is 2.76 bits per heavy atom. The van der Waals surface area contributed by atoms with Gasteiger partial charge in [-0.25, -0.2) is 4.79 Å². The van der Waals surface area contributed by atoms with Gasteiger partial charge in [0.25, 0.3) is 5.91 Å². The maximum absolute atomic E-state index is 12.0. The van der Waals surface area contributed by atoms with Gasteiger partial charge in [0.2, 0.25) is 0 Å². The summed E-state index contributed by atoms with van der Waals surface area (Å²) in [5.74, 6) is -1.56. The van der Waals surface area contributed by atoms with Crippen molar-refractivity contribution in [3.05, 3.63) is 33.8 Å². The lowest BCUT2D eigenvalue weighted by Crippen LogP contribution is -2.43. The molecule has 0 aliphatic carbocycles. The number of hydrogen-bond donors (Lipinski definition) is 2. The van der Waals surface area contributed by atoms with E-state index in [2.05, 4.69) is 15.9 Å². The van der Waals surface area contributed by atoms with Crippen molar-refractivity contribution in [2.24, 2.45) is 0 Å². The molecule has 0 fully saturated rings. The molecule has 0 saturated carbocycles. The van der Waals surface area contributed by atoms with Gasteiger partial charge in [0, 0.05) is 16.6 Å². The van der Waals surface area contributed by atoms with Crippen LogP contribution in [0, 0.1) is 0 Å². The molecule has 1 atom stereocenters. The SMILES string of the molecule is O=C(O)[C@H](CO)N1Cc2c(Br)cccc2C1=O. The van der Waals surface area contributed by atoms with Crippen molar-refractivity contribution in [3.8, 4) is 0 Å². The Morgan fingerprint density at radius 2 is 2.24 bits per heavy atom. The average Bonchev–Trinajstić information content (AvgIpc) is 2.60. The first kappa shape index (κ1) is 12.1. The predicted octanol–water partition coefficient (Wildman–Crippen LogP) is 0.850. The quantitative estimate of drug-likeness (QED) is 0.867. The van der Waals surface area contributed by atoms with Crippen LogP contribution in [0.3, 0.4) is 0 Å². The summed E-state index contributed by atoms with van der Waals surface area (Å²) in [4.78, 5) is 24.1. The van der Waals surface area contributed by atoms with Crippen LogP contribution in [0.1, 0.15) is 15.9 Å². The number of carbonyl (C=O) groups excluding carboxylic acids is 1. The van der Waals surface area contributed by atoms with E-state index in [4.69, 9.17) is 10.2 Å². The van der Waals surface area contributed by atoms with Gasteiger partial charge in [-0.2, -0.15) is 0 Å². The van der Waals surface area contributed by atoms with Crippen LogP contribution in [0.15, 0.2) is 22.7 Å². The molecule has 2 rings (SSSR count). The Labute approximate surface area is 106 Å². The minimum atomic E-state index is -1.20. The topological polar surface area (TPSA) is 77.8 Å². The lowest BCUT2D eigenvalue weighted by atomic mass is 10.1. The van der Waals surface area contributed by atoms with Gasteiger partial charge in [0.05, 0.1) is 6.61 Å². The van der Waals surface area contributed by atoms with Crippen molar-refractivity contribution in [2.45, 2.75) is 12.6 Å². The molecule has 1 aromatic rings. The van der Waals surface area contributed by atoms with Crippen LogP contribution in [0.25, 0.3) is 0 Å². The number of carbonyl (C=O) groups is 2. The molecule has 5 nitrogen and oxygen atoms in total. The highest BCUT2D eigenvalue weighted by Crippen LogP contribution is 2.30. The molecule has 1 aromatic carbocycles. The Hall–Kier alpha value is -1.40. The molecule has 1 aliphatic rings. The van der Waals surface area contributed by atoms with Crippen LogP contribution in [0.4, 0.5) is 0 Å². The number of aliphatic carboxylic acids is 1. The normalized spacial score (nSPS) is 15.9. The van der Waals surface area contributed by atoms with Gasteiger partial charge in [-0.15, -0.1) is 0 Å². The van der Waals surface area contributed by atoms with Crippen LogP contribution in [-0.4, -0.2) is 39.6 Å². The fourth-order valence-electron chi connectivity index (χ4n) is 1.88. The fraction of sp³-hybridized carbons (Fsp3) is 0.273. The van der Waals surface area contributed by atoms with Gasteiger partial charge in [0.1, 0.15) is 0 Å². The molecule has 0 saturated heterocycles. The molecular formula is C11H10BrNO4. The van der Waals surface area contributed by atoms with Crippen molar-refractivity contribution in [1.82, 2.24) is 4.90 Å². The van der Waals surface area contributed by atoms with Gasteiger partial charge in [0.15, 0.2) is 6.04 Å². The highest BCUT2D eigenvalue weighted by Gasteiger charge is 2.36. The molecule has 2 N–H and O–H groups in total. The maximum atomic E-state index is 12.0. The van der Waals surface area contributed by atoms with Crippen molar-refractivity contribution in [2.75, 3.05) is 6.61 Å². The summed E-state index contributed by atoms with van der Waals surface area (Å²) in [6, 6.07) is 3.98. The summed E-state index contributed by atoms with van der Waals surface area (Å²) in [6.07, 6.45) is 0. The average molecular weight is 300 g/mol. The molecule has 6 heteroatoms. The zero-order chi connectivity index (χ0) is 12.6. The minimum Gasteiger partial charge on any atom is -0.480 e. The monoisotopic (exact) mass is 299 g/mol. The van der Waals surface area contributed by atoms with E-state index >= 15 is 0 Å². The van der Waals surface area contributed by atoms with Gasteiger partial charge < -0.3 is 15.1 Å². The highest BCUT2D eigenvalue weighted by molar-refractivity contribution is 9.10. The molecule has 0 unspecified atom stereocenters. The Bertz CT molecular complexity index is 488. The van der Waals surface area contributed by atoms with Crippen LogP contribution in [0.5, 0.6) is 0 Å². The molecule has 0 bridgehead atoms. The van der Waals surface area contributed by atoms with Crippen molar-refractivity contribution < 1.29 is 19.8 Å². The molecule has 1 heterocycles. The van der Waals surface area contributed by atoms with E-state index in [1.54, 1.807) is 18.2 Å². The van der Waals surface area contributed by atoms with E-state index in [9.17, 15) is 9.59 Å². The third kappa shape index (κ3) is 1.94. The molecule has 17 heavy (non-hydrogen) atoms. The molecular weight excluding hydrogens is 290 g/mol. The van der Waals surface area contributed by atoms with Gasteiger partial charge in [-0.05, 0) is 17.7 Å². The summed E-state index contributed by atoms with van der Waals surface area (Å²) in [6.45, 7) is -0.389. The van der Waals surface area contributed by atoms with E-state index in [0.29, 0.717) is 5.56 Å². The Kier molecular flexibility index (Phi) is 3.17. The number of benzene rings is 1. The number of amides is 1. The molecule has 1 amide bonds. The summed E-state index contributed by atoms with van der Waals surface area (Å²) in [5.41, 5.74) is 1.25. The second-order valence-corrected chi connectivity index (χ2v) is 4.59. The van der Waals surface area contributed by atoms with Crippen LogP contribution in [0.2, 0.25) is 0 Å². The first-order valence-electron chi connectivity index (χ1n) is 4.98. The molecule has 0 aromatic heterocycles. The molecule has 1 aliphatic heterocycles. The Balaban J connectivity index is 2.37. The maximum Gasteiger partial charge on any atom is 0.328 e. The number of carboxylic acids is 1. The number of fused-ring (bicyclic) bond motifs is 1. The summed E-state index contributed by atoms with van der Waals surface area (Å²) in [7, 11) is 0. The van der Waals surface area contributed by atoms with Crippen molar-refractivity contribution in [3.63, 3.8) is 0 Å². The standard InChI is InChI=1S/C11H10BrNO4/c12-8-3-1-2-6-7(8)4-13(10(6)15)9(5-14)11(16)17/h1-3,9,14H,4-5H2,(H,16,17)/t9-/m0/s1. The van der Waals surface area contributed by atoms with E-state index in [-0.39, 0.29) is 12.5 Å². The zero-order valence-corrected chi connectivity index (χ0v) is 10.3. The second kappa shape index (κ2) is 4.46. The summed E-state index contributed by atoms with van der Waals surface area (Å²) < 4.78 is 0.771. The van der Waals surface area contributed by atoms with Crippen LogP contribution in [-0.2, 0) is 11.3 Å². The third-order valence-corrected chi connectivity index (χ3v) is 3.52. The smallest absolute Gasteiger partial charge is 0.328 e. The third-order valence-electron chi connectivity index (χ3n) is 2.77. The van der Waals surface area contributed by atoms with Gasteiger partial charge in [-0.3, -0.25) is 4.79 Å². The van der Waals surface area contributed by atoms with E-state index in [0.717, 1.165) is 14.9 Å². The number of nitrogens with zero attached hydrogens (tertiary/aromatic N) is 1. The highest BCUT2D eigenvalue weighted by atomic mass is 79.9. The number of carboxylic acid groups (broad SMARTS) is 1. The molecule has 90 valence electrons. The molecule has 0 spiro atoms. The largest absolute Gasteiger partial charge is 0.480 e. The zero-order valence-electron chi connectivity index (χ0n) is 8.76. The molecule has 0 radical (unpaired) electrons. The van der Waals surface area contributed by atoms with Gasteiger partial charge >= 0.3 is 5.97 Å². The van der Waals surface area contributed by atoms with Crippen LogP contribution >= 0.6 is 15.9 Å². The second-order valence-electron chi connectivity index (χ2n) is 3.74. The number of aliphatic hydroxyl groups excluding tert-OH is 1. The number of rotatable bonds is 3. The number of halogens is 1.